The summed E-state index contributed by atoms with van der Waals surface area (Å²) in [5.74, 6) is -0.586. The number of nitrogens with one attached hydrogen (secondary N) is 1. The van der Waals surface area contributed by atoms with E-state index in [1.165, 1.54) is 25.7 Å². The maximum atomic E-state index is 12.7. The molecule has 2 fully saturated rings. The van der Waals surface area contributed by atoms with Crippen LogP contribution in [-0.2, 0) is 11.3 Å². The Morgan fingerprint density at radius 1 is 1.10 bits per heavy atom. The summed E-state index contributed by atoms with van der Waals surface area (Å²) in [5, 5.41) is 14.4. The van der Waals surface area contributed by atoms with Crippen LogP contribution in [0.1, 0.15) is 48.0 Å². The Kier molecular flexibility index (Phi) is 4.54. The maximum absolute atomic E-state index is 12.7. The largest absolute Gasteiger partial charge is 0.478 e. The van der Waals surface area contributed by atoms with Crippen LogP contribution in [0.5, 0.6) is 0 Å². The third-order valence-corrected chi connectivity index (χ3v) is 6.89. The van der Waals surface area contributed by atoms with Gasteiger partial charge >= 0.3 is 5.97 Å². The van der Waals surface area contributed by atoms with Crippen molar-refractivity contribution in [3.8, 4) is 11.1 Å². The highest BCUT2D eigenvalue weighted by molar-refractivity contribution is 5.99. The molecule has 3 aromatic rings. The lowest BCUT2D eigenvalue weighted by Gasteiger charge is -2.13. The van der Waals surface area contributed by atoms with Gasteiger partial charge in [-0.3, -0.25) is 9.78 Å². The second-order valence-corrected chi connectivity index (χ2v) is 8.62. The van der Waals surface area contributed by atoms with Crippen molar-refractivity contribution >= 4 is 22.6 Å². The molecule has 1 unspecified atom stereocenters. The third-order valence-electron chi connectivity index (χ3n) is 6.89. The first-order chi connectivity index (χ1) is 14.6. The molecule has 0 radical (unpaired) electrons. The Morgan fingerprint density at radius 3 is 2.73 bits per heavy atom. The minimum absolute atomic E-state index is 0.173. The summed E-state index contributed by atoms with van der Waals surface area (Å²) >= 11 is 0. The average molecular weight is 400 g/mol. The van der Waals surface area contributed by atoms with E-state index in [4.69, 9.17) is 0 Å². The van der Waals surface area contributed by atoms with Crippen LogP contribution < -0.4 is 5.32 Å². The number of nitrogens with zero attached hydrogens (tertiary/aromatic N) is 1. The number of amides is 1. The van der Waals surface area contributed by atoms with Crippen LogP contribution in [0.3, 0.4) is 0 Å². The number of benzene rings is 2. The lowest BCUT2D eigenvalue weighted by atomic mass is 9.95. The van der Waals surface area contributed by atoms with Crippen LogP contribution in [0.2, 0.25) is 0 Å². The molecule has 2 N–H and O–H groups in total. The number of fused-ring (bicyclic) bond motifs is 1. The summed E-state index contributed by atoms with van der Waals surface area (Å²) in [6.07, 6.45) is 9.50. The highest BCUT2D eigenvalue weighted by Gasteiger charge is 2.58. The highest BCUT2D eigenvalue weighted by atomic mass is 16.4. The van der Waals surface area contributed by atoms with Crippen LogP contribution in [0.4, 0.5) is 0 Å². The first-order valence-electron chi connectivity index (χ1n) is 10.5. The number of aromatic nitrogens is 1. The van der Waals surface area contributed by atoms with Gasteiger partial charge in [-0.25, -0.2) is 4.79 Å². The molecule has 1 atom stereocenters. The van der Waals surface area contributed by atoms with Crippen molar-refractivity contribution in [2.45, 2.75) is 38.6 Å². The number of hydrogen-bond donors (Lipinski definition) is 2. The zero-order chi connectivity index (χ0) is 20.7. The molecule has 1 spiro atoms. The summed E-state index contributed by atoms with van der Waals surface area (Å²) in [6.45, 7) is 0.475. The fourth-order valence-corrected chi connectivity index (χ4v) is 5.13. The molecule has 2 aromatic carbocycles. The Bertz CT molecular complexity index is 1150. The lowest BCUT2D eigenvalue weighted by molar-refractivity contribution is -0.123. The zero-order valence-electron chi connectivity index (χ0n) is 16.7. The smallest absolute Gasteiger partial charge is 0.335 e. The standard InChI is InChI=1S/C25H24N2O3/c28-23(22-13-25(22)9-1-2-10-25)27-14-18-6-7-19(20-8-11-26-15-21(18)20)16-4-3-5-17(12-16)24(29)30/h3-8,11-12,15,22H,1-2,9-10,13-14H2,(H,27,28)(H,29,30). The van der Waals surface area contributed by atoms with E-state index in [0.29, 0.717) is 12.0 Å². The van der Waals surface area contributed by atoms with E-state index in [0.717, 1.165) is 33.9 Å². The predicted octanol–water partition coefficient (Wildman–Crippen LogP) is 4.80. The minimum Gasteiger partial charge on any atom is -0.478 e. The van der Waals surface area contributed by atoms with E-state index in [1.807, 2.05) is 30.5 Å². The van der Waals surface area contributed by atoms with E-state index in [9.17, 15) is 14.7 Å². The summed E-state index contributed by atoms with van der Waals surface area (Å²) in [6, 6.07) is 12.9. The molecule has 152 valence electrons. The Morgan fingerprint density at radius 2 is 1.93 bits per heavy atom. The minimum atomic E-state index is -0.942. The van der Waals surface area contributed by atoms with Crippen molar-refractivity contribution in [2.24, 2.45) is 11.3 Å². The van der Waals surface area contributed by atoms with E-state index >= 15 is 0 Å². The van der Waals surface area contributed by atoms with Gasteiger partial charge in [0, 0.05) is 30.2 Å². The van der Waals surface area contributed by atoms with E-state index < -0.39 is 5.97 Å². The third kappa shape index (κ3) is 3.24. The molecule has 0 aliphatic heterocycles. The quantitative estimate of drug-likeness (QED) is 0.645. The van der Waals surface area contributed by atoms with Crippen molar-refractivity contribution in [2.75, 3.05) is 0 Å². The Hall–Kier alpha value is -3.21. The second kappa shape index (κ2) is 7.24. The molecule has 0 bridgehead atoms. The van der Waals surface area contributed by atoms with Crippen molar-refractivity contribution in [1.82, 2.24) is 10.3 Å². The molecule has 1 amide bonds. The molecule has 0 saturated heterocycles. The molecular weight excluding hydrogens is 376 g/mol. The SMILES string of the molecule is O=C(O)c1cccc(-c2ccc(CNC(=O)C3CC34CCCC4)c3cnccc23)c1. The molecule has 2 saturated carbocycles. The molecule has 2 aliphatic rings. The number of rotatable bonds is 5. The van der Waals surface area contributed by atoms with Gasteiger partial charge in [-0.1, -0.05) is 37.1 Å². The molecule has 1 heterocycles. The topological polar surface area (TPSA) is 79.3 Å². The Balaban J connectivity index is 1.41. The number of pyridine rings is 1. The zero-order valence-corrected chi connectivity index (χ0v) is 16.7. The number of carboxylic acids is 1. The van der Waals surface area contributed by atoms with Gasteiger partial charge in [-0.2, -0.15) is 0 Å². The fourth-order valence-electron chi connectivity index (χ4n) is 5.13. The van der Waals surface area contributed by atoms with Crippen LogP contribution in [-0.4, -0.2) is 22.0 Å². The number of carbonyl (C=O) groups excluding carboxylic acids is 1. The van der Waals surface area contributed by atoms with E-state index in [1.54, 1.807) is 24.4 Å². The molecule has 5 rings (SSSR count). The summed E-state index contributed by atoms with van der Waals surface area (Å²) < 4.78 is 0. The first kappa shape index (κ1) is 18.8. The second-order valence-electron chi connectivity index (χ2n) is 8.62. The molecule has 2 aliphatic carbocycles. The maximum Gasteiger partial charge on any atom is 0.335 e. The monoisotopic (exact) mass is 400 g/mol. The average Bonchev–Trinajstić information content (AvgIpc) is 3.28. The van der Waals surface area contributed by atoms with Gasteiger partial charge < -0.3 is 10.4 Å². The highest BCUT2D eigenvalue weighted by Crippen LogP contribution is 2.62. The van der Waals surface area contributed by atoms with Crippen LogP contribution in [0, 0.1) is 11.3 Å². The van der Waals surface area contributed by atoms with Gasteiger partial charge in [0.2, 0.25) is 5.91 Å². The number of aromatic carboxylic acids is 1. The molecule has 30 heavy (non-hydrogen) atoms. The summed E-state index contributed by atoms with van der Waals surface area (Å²) in [7, 11) is 0. The fraction of sp³-hybridized carbons (Fsp3) is 0.320. The van der Waals surface area contributed by atoms with Crippen LogP contribution >= 0.6 is 0 Å². The van der Waals surface area contributed by atoms with Crippen LogP contribution in [0.25, 0.3) is 21.9 Å². The predicted molar refractivity (Wildman–Crippen MR) is 115 cm³/mol. The van der Waals surface area contributed by atoms with E-state index in [2.05, 4.69) is 10.3 Å². The van der Waals surface area contributed by atoms with Gasteiger partial charge in [0.05, 0.1) is 5.56 Å². The summed E-state index contributed by atoms with van der Waals surface area (Å²) in [4.78, 5) is 28.3. The van der Waals surface area contributed by atoms with Gasteiger partial charge in [-0.05, 0) is 65.0 Å². The van der Waals surface area contributed by atoms with Gasteiger partial charge in [0.15, 0.2) is 0 Å². The molecule has 5 nitrogen and oxygen atoms in total. The number of carboxylic acid groups (broad SMARTS) is 1. The summed E-state index contributed by atoms with van der Waals surface area (Å²) in [5.41, 5.74) is 3.38. The van der Waals surface area contributed by atoms with Gasteiger partial charge in [0.1, 0.15) is 0 Å². The van der Waals surface area contributed by atoms with Crippen molar-refractivity contribution in [1.29, 1.82) is 0 Å². The molecule has 1 aromatic heterocycles. The normalized spacial score (nSPS) is 19.1. The lowest BCUT2D eigenvalue weighted by Crippen LogP contribution is -2.26. The van der Waals surface area contributed by atoms with Gasteiger partial charge in [0.25, 0.3) is 0 Å². The van der Waals surface area contributed by atoms with Crippen LogP contribution in [0.15, 0.2) is 54.9 Å². The van der Waals surface area contributed by atoms with Crippen molar-refractivity contribution < 1.29 is 14.7 Å². The number of hydrogen-bond acceptors (Lipinski definition) is 3. The first-order valence-corrected chi connectivity index (χ1v) is 10.5. The number of carbonyl (C=O) groups is 2. The van der Waals surface area contributed by atoms with Crippen molar-refractivity contribution in [3.05, 3.63) is 66.0 Å². The molecule has 5 heteroatoms. The Labute approximate surface area is 175 Å². The van der Waals surface area contributed by atoms with E-state index in [-0.39, 0.29) is 17.4 Å². The van der Waals surface area contributed by atoms with Gasteiger partial charge in [-0.15, -0.1) is 0 Å². The molecular formula is C25H24N2O3. The van der Waals surface area contributed by atoms with Crippen molar-refractivity contribution in [3.63, 3.8) is 0 Å².